The second kappa shape index (κ2) is 7.08. The number of epoxide rings is 1. The summed E-state index contributed by atoms with van der Waals surface area (Å²) >= 11 is 0. The van der Waals surface area contributed by atoms with Gasteiger partial charge in [0.25, 0.3) is 0 Å². The summed E-state index contributed by atoms with van der Waals surface area (Å²) in [4.78, 5) is 2.59. The van der Waals surface area contributed by atoms with E-state index in [2.05, 4.69) is 93.3 Å². The molecular weight excluding hydrogens is 294 g/mol. The summed E-state index contributed by atoms with van der Waals surface area (Å²) in [5.41, 5.74) is 2.72. The lowest BCUT2D eigenvalue weighted by molar-refractivity contribution is 0.108. The van der Waals surface area contributed by atoms with E-state index in [9.17, 15) is 0 Å². The summed E-state index contributed by atoms with van der Waals surface area (Å²) in [7, 11) is 0. The first kappa shape index (κ1) is 17.2. The van der Waals surface area contributed by atoms with Gasteiger partial charge in [0.05, 0.1) is 5.60 Å². The minimum Gasteiger partial charge on any atom is -0.365 e. The van der Waals surface area contributed by atoms with Crippen LogP contribution in [0.3, 0.4) is 0 Å². The Kier molecular flexibility index (Phi) is 5.07. The van der Waals surface area contributed by atoms with Gasteiger partial charge in [-0.1, -0.05) is 74.5 Å². The average molecular weight is 323 g/mol. The molecule has 0 radical (unpaired) electrons. The fourth-order valence-corrected chi connectivity index (χ4v) is 3.64. The monoisotopic (exact) mass is 323 g/mol. The van der Waals surface area contributed by atoms with Gasteiger partial charge in [-0.25, -0.2) is 0 Å². The van der Waals surface area contributed by atoms with E-state index in [0.717, 1.165) is 13.1 Å². The second-order valence-corrected chi connectivity index (χ2v) is 7.75. The summed E-state index contributed by atoms with van der Waals surface area (Å²) < 4.78 is 6.04. The third kappa shape index (κ3) is 4.06. The van der Waals surface area contributed by atoms with Crippen LogP contribution < -0.4 is 0 Å². The predicted molar refractivity (Wildman–Crippen MR) is 99.7 cm³/mol. The molecule has 1 fully saturated rings. The molecule has 0 unspecified atom stereocenters. The molecule has 0 amide bonds. The Morgan fingerprint density at radius 1 is 0.875 bits per heavy atom. The summed E-state index contributed by atoms with van der Waals surface area (Å²) in [5, 5.41) is 0. The molecule has 1 aliphatic rings. The van der Waals surface area contributed by atoms with Crippen molar-refractivity contribution in [2.24, 2.45) is 5.92 Å². The molecule has 128 valence electrons. The summed E-state index contributed by atoms with van der Waals surface area (Å²) in [6, 6.07) is 21.9. The van der Waals surface area contributed by atoms with E-state index in [1.807, 2.05) is 0 Å². The van der Waals surface area contributed by atoms with E-state index in [1.54, 1.807) is 0 Å². The van der Waals surface area contributed by atoms with Crippen molar-refractivity contribution in [2.75, 3.05) is 0 Å². The zero-order chi connectivity index (χ0) is 17.2. The number of rotatable bonds is 7. The van der Waals surface area contributed by atoms with Gasteiger partial charge < -0.3 is 4.74 Å². The molecular formula is C22H29NO. The minimum absolute atomic E-state index is 0.000558. The zero-order valence-corrected chi connectivity index (χ0v) is 15.3. The maximum atomic E-state index is 6.04. The van der Waals surface area contributed by atoms with Crippen molar-refractivity contribution in [1.29, 1.82) is 0 Å². The van der Waals surface area contributed by atoms with Crippen molar-refractivity contribution in [2.45, 2.75) is 58.5 Å². The smallest absolute Gasteiger partial charge is 0.102 e. The van der Waals surface area contributed by atoms with E-state index in [1.165, 1.54) is 11.1 Å². The molecule has 1 saturated heterocycles. The van der Waals surface area contributed by atoms with Crippen LogP contribution in [-0.2, 0) is 17.8 Å². The third-order valence-electron chi connectivity index (χ3n) is 4.93. The summed E-state index contributed by atoms with van der Waals surface area (Å²) in [6.45, 7) is 10.9. The van der Waals surface area contributed by atoms with Crippen LogP contribution in [0.4, 0.5) is 0 Å². The predicted octanol–water partition coefficient (Wildman–Crippen LogP) is 4.89. The Hall–Kier alpha value is -1.64. The van der Waals surface area contributed by atoms with Crippen molar-refractivity contribution in [1.82, 2.24) is 4.90 Å². The minimum atomic E-state index is 0.000558. The Balaban J connectivity index is 1.85. The molecule has 3 rings (SSSR count). The van der Waals surface area contributed by atoms with Crippen LogP contribution in [0, 0.1) is 5.92 Å². The lowest BCUT2D eigenvalue weighted by Crippen LogP contribution is -2.43. The highest BCUT2D eigenvalue weighted by Crippen LogP contribution is 2.42. The van der Waals surface area contributed by atoms with Crippen molar-refractivity contribution in [3.05, 3.63) is 71.8 Å². The molecule has 2 nitrogen and oxygen atoms in total. The van der Waals surface area contributed by atoms with Crippen LogP contribution >= 0.6 is 0 Å². The number of benzene rings is 2. The summed E-state index contributed by atoms with van der Waals surface area (Å²) in [5.74, 6) is 0.546. The quantitative estimate of drug-likeness (QED) is 0.674. The number of hydrogen-bond donors (Lipinski definition) is 0. The van der Waals surface area contributed by atoms with E-state index in [0.29, 0.717) is 18.1 Å². The Morgan fingerprint density at radius 3 is 1.62 bits per heavy atom. The molecule has 0 aromatic heterocycles. The van der Waals surface area contributed by atoms with Crippen LogP contribution in [0.1, 0.15) is 38.8 Å². The van der Waals surface area contributed by atoms with Gasteiger partial charge in [-0.2, -0.15) is 0 Å². The van der Waals surface area contributed by atoms with E-state index in [-0.39, 0.29) is 5.60 Å². The fourth-order valence-electron chi connectivity index (χ4n) is 3.64. The highest BCUT2D eigenvalue weighted by molar-refractivity contribution is 5.18. The molecule has 0 spiro atoms. The van der Waals surface area contributed by atoms with Crippen molar-refractivity contribution in [3.63, 3.8) is 0 Å². The van der Waals surface area contributed by atoms with Gasteiger partial charge in [0.15, 0.2) is 0 Å². The van der Waals surface area contributed by atoms with E-state index in [4.69, 9.17) is 4.74 Å². The van der Waals surface area contributed by atoms with Crippen LogP contribution in [-0.4, -0.2) is 22.6 Å². The van der Waals surface area contributed by atoms with Crippen LogP contribution in [0.15, 0.2) is 60.7 Å². The van der Waals surface area contributed by atoms with Gasteiger partial charge in [-0.3, -0.25) is 4.90 Å². The maximum absolute atomic E-state index is 6.04. The van der Waals surface area contributed by atoms with Gasteiger partial charge in [0.2, 0.25) is 0 Å². The molecule has 1 heterocycles. The first-order valence-corrected chi connectivity index (χ1v) is 8.97. The summed E-state index contributed by atoms with van der Waals surface area (Å²) in [6.07, 6.45) is 0.310. The molecule has 2 aromatic carbocycles. The topological polar surface area (TPSA) is 15.8 Å². The number of nitrogens with zero attached hydrogens (tertiary/aromatic N) is 1. The van der Waals surface area contributed by atoms with Gasteiger partial charge in [-0.15, -0.1) is 0 Å². The average Bonchev–Trinajstić information content (AvgIpc) is 3.16. The molecule has 2 heteroatoms. The first-order chi connectivity index (χ1) is 11.5. The second-order valence-electron chi connectivity index (χ2n) is 7.75. The van der Waals surface area contributed by atoms with Crippen molar-refractivity contribution >= 4 is 0 Å². The highest BCUT2D eigenvalue weighted by atomic mass is 16.6. The number of ether oxygens (including phenoxy) is 1. The first-order valence-electron chi connectivity index (χ1n) is 8.97. The van der Waals surface area contributed by atoms with Crippen molar-refractivity contribution < 1.29 is 4.74 Å². The Labute approximate surface area is 146 Å². The van der Waals surface area contributed by atoms with Gasteiger partial charge in [-0.05, 0) is 30.9 Å². The van der Waals surface area contributed by atoms with Crippen LogP contribution in [0.25, 0.3) is 0 Å². The molecule has 0 saturated carbocycles. The number of hydrogen-bond acceptors (Lipinski definition) is 2. The maximum Gasteiger partial charge on any atom is 0.102 e. The lowest BCUT2D eigenvalue weighted by Gasteiger charge is -2.34. The molecule has 24 heavy (non-hydrogen) atoms. The van der Waals surface area contributed by atoms with Crippen molar-refractivity contribution in [3.8, 4) is 0 Å². The van der Waals surface area contributed by atoms with Gasteiger partial charge >= 0.3 is 0 Å². The molecule has 0 N–H and O–H groups in total. The van der Waals surface area contributed by atoms with Gasteiger partial charge in [0, 0.05) is 19.1 Å². The SMILES string of the molecule is CC(C)[C@H]([C@@H]1OC1(C)C)N(Cc1ccccc1)Cc1ccccc1. The molecule has 0 aliphatic carbocycles. The normalized spacial score (nSPS) is 20.3. The standard InChI is InChI=1S/C22H29NO/c1-17(2)20(21-22(3,4)24-21)23(15-18-11-7-5-8-12-18)16-19-13-9-6-10-14-19/h5-14,17,20-21H,15-16H2,1-4H3/t20-,21+/m1/s1. The third-order valence-corrected chi connectivity index (χ3v) is 4.93. The Bertz CT molecular complexity index is 594. The zero-order valence-electron chi connectivity index (χ0n) is 15.3. The Morgan fingerprint density at radius 2 is 1.29 bits per heavy atom. The van der Waals surface area contributed by atoms with Crippen LogP contribution in [0.5, 0.6) is 0 Å². The fraction of sp³-hybridized carbons (Fsp3) is 0.455. The lowest BCUT2D eigenvalue weighted by atomic mass is 9.92. The molecule has 1 aliphatic heterocycles. The van der Waals surface area contributed by atoms with Gasteiger partial charge in [0.1, 0.15) is 6.10 Å². The molecule has 2 aromatic rings. The largest absolute Gasteiger partial charge is 0.365 e. The van der Waals surface area contributed by atoms with E-state index < -0.39 is 0 Å². The van der Waals surface area contributed by atoms with Crippen LogP contribution in [0.2, 0.25) is 0 Å². The highest BCUT2D eigenvalue weighted by Gasteiger charge is 2.54. The molecule has 2 atom stereocenters. The molecule has 0 bridgehead atoms. The van der Waals surface area contributed by atoms with E-state index >= 15 is 0 Å².